The summed E-state index contributed by atoms with van der Waals surface area (Å²) in [5.74, 6) is 0.512. The number of halogens is 4. The van der Waals surface area contributed by atoms with Gasteiger partial charge in [-0.3, -0.25) is 0 Å². The minimum atomic E-state index is -4.57. The highest BCUT2D eigenvalue weighted by molar-refractivity contribution is 6.32. The summed E-state index contributed by atoms with van der Waals surface area (Å²) in [5.41, 5.74) is 1.49. The molecule has 0 fully saturated rings. The highest BCUT2D eigenvalue weighted by atomic mass is 35.5. The van der Waals surface area contributed by atoms with Crippen LogP contribution in [0.5, 0.6) is 5.75 Å². The summed E-state index contributed by atoms with van der Waals surface area (Å²) in [5, 5.41) is 4.78. The Morgan fingerprint density at radius 2 is 2.06 bits per heavy atom. The minimum absolute atomic E-state index is 0.0495. The van der Waals surface area contributed by atoms with Gasteiger partial charge in [0.1, 0.15) is 5.75 Å². The second-order valence-corrected chi connectivity index (χ2v) is 8.13. The Hall–Kier alpha value is -3.18. The Kier molecular flexibility index (Phi) is 6.52. The number of nitrogens with zero attached hydrogens (tertiary/aromatic N) is 3. The van der Waals surface area contributed by atoms with Gasteiger partial charge >= 0.3 is 6.18 Å². The van der Waals surface area contributed by atoms with Crippen molar-refractivity contribution in [2.75, 3.05) is 6.61 Å². The normalized spacial score (nSPS) is 11.9. The van der Waals surface area contributed by atoms with Crippen LogP contribution in [0.25, 0.3) is 26.7 Å². The van der Waals surface area contributed by atoms with E-state index in [2.05, 4.69) is 14.6 Å². The number of rotatable bonds is 8. The monoisotopic (exact) mass is 475 g/mol. The molecule has 33 heavy (non-hydrogen) atoms. The first-order valence-corrected chi connectivity index (χ1v) is 10.9. The predicted molar refractivity (Wildman–Crippen MR) is 120 cm³/mol. The van der Waals surface area contributed by atoms with E-state index in [0.29, 0.717) is 42.3 Å². The van der Waals surface area contributed by atoms with Crippen LogP contribution in [-0.2, 0) is 25.7 Å². The maximum atomic E-state index is 13.2. The van der Waals surface area contributed by atoms with Crippen molar-refractivity contribution in [2.24, 2.45) is 0 Å². The smallest absolute Gasteiger partial charge is 0.437 e. The number of aryl methyl sites for hydroxylation is 2. The summed E-state index contributed by atoms with van der Waals surface area (Å²) in [4.78, 5) is 3.40. The van der Waals surface area contributed by atoms with Crippen LogP contribution >= 0.6 is 11.6 Å². The molecule has 0 aliphatic rings. The van der Waals surface area contributed by atoms with Crippen LogP contribution in [0.1, 0.15) is 36.6 Å². The van der Waals surface area contributed by atoms with Crippen LogP contribution in [0.4, 0.5) is 13.2 Å². The largest absolute Gasteiger partial charge is 0.493 e. The third kappa shape index (κ3) is 4.64. The van der Waals surface area contributed by atoms with Crippen molar-refractivity contribution in [1.82, 2.24) is 9.72 Å². The Morgan fingerprint density at radius 1 is 1.24 bits per heavy atom. The summed E-state index contributed by atoms with van der Waals surface area (Å²) in [6, 6.07) is 8.69. The number of hydrogen-bond donors (Lipinski definition) is 0. The third-order valence-corrected chi connectivity index (χ3v) is 5.81. The molecule has 2 heterocycles. The zero-order valence-electron chi connectivity index (χ0n) is 17.9. The number of aromatic nitrogens is 2. The Bertz CT molecular complexity index is 1330. The fourth-order valence-electron chi connectivity index (χ4n) is 3.95. The molecular formula is C24H21ClF3N3O2. The van der Waals surface area contributed by atoms with Crippen LogP contribution in [0.2, 0.25) is 5.02 Å². The molecule has 2 aromatic heterocycles. The van der Waals surface area contributed by atoms with E-state index in [1.54, 1.807) is 6.07 Å². The molecule has 0 saturated carbocycles. The van der Waals surface area contributed by atoms with Crippen molar-refractivity contribution < 1.29 is 22.4 Å². The minimum Gasteiger partial charge on any atom is -0.493 e. The molecule has 0 spiro atoms. The van der Waals surface area contributed by atoms with Crippen molar-refractivity contribution in [3.63, 3.8) is 0 Å². The molecule has 4 aromatic rings. The molecule has 0 aliphatic heterocycles. The number of fused-ring (bicyclic) bond motifs is 2. The lowest BCUT2D eigenvalue weighted by Crippen LogP contribution is -2.06. The Morgan fingerprint density at radius 3 is 2.79 bits per heavy atom. The SMILES string of the molecule is [C-]#[N+]Cc1cc2ccn(CCCOc3ccc4c(C(F)(F)F)noc4c3CCC)c2cc1Cl. The summed E-state index contributed by atoms with van der Waals surface area (Å²) in [6.45, 7) is 10.3. The second-order valence-electron chi connectivity index (χ2n) is 7.73. The molecule has 0 N–H and O–H groups in total. The Balaban J connectivity index is 1.48. The summed E-state index contributed by atoms with van der Waals surface area (Å²) in [6.07, 6.45) is -0.685. The molecule has 0 bridgehead atoms. The van der Waals surface area contributed by atoms with Gasteiger partial charge in [0.15, 0.2) is 11.3 Å². The molecule has 0 aliphatic carbocycles. The average Bonchev–Trinajstić information content (AvgIpc) is 3.37. The van der Waals surface area contributed by atoms with E-state index >= 15 is 0 Å². The van der Waals surface area contributed by atoms with E-state index in [9.17, 15) is 13.2 Å². The first kappa shape index (κ1) is 23.0. The zero-order chi connectivity index (χ0) is 23.6. The van der Waals surface area contributed by atoms with Crippen molar-refractivity contribution >= 4 is 33.5 Å². The summed E-state index contributed by atoms with van der Waals surface area (Å²) < 4.78 is 52.6. The lowest BCUT2D eigenvalue weighted by atomic mass is 10.0. The molecule has 0 amide bonds. The van der Waals surface area contributed by atoms with E-state index in [4.69, 9.17) is 27.4 Å². The van der Waals surface area contributed by atoms with Crippen LogP contribution in [0.3, 0.4) is 0 Å². The van der Waals surface area contributed by atoms with Crippen molar-refractivity contribution in [1.29, 1.82) is 0 Å². The van der Waals surface area contributed by atoms with Gasteiger partial charge in [-0.1, -0.05) is 30.1 Å². The molecule has 5 nitrogen and oxygen atoms in total. The number of ether oxygens (including phenoxy) is 1. The van der Waals surface area contributed by atoms with Crippen LogP contribution < -0.4 is 4.74 Å². The predicted octanol–water partition coefficient (Wildman–Crippen LogP) is 7.30. The molecule has 0 atom stereocenters. The average molecular weight is 476 g/mol. The van der Waals surface area contributed by atoms with Gasteiger partial charge in [-0.15, -0.1) is 0 Å². The molecule has 9 heteroatoms. The van der Waals surface area contributed by atoms with E-state index in [1.807, 2.05) is 31.3 Å². The molecule has 0 saturated heterocycles. The Labute approximate surface area is 193 Å². The van der Waals surface area contributed by atoms with Crippen molar-refractivity contribution in [3.05, 3.63) is 69.8 Å². The van der Waals surface area contributed by atoms with Crippen LogP contribution in [0.15, 0.2) is 41.1 Å². The molecule has 0 unspecified atom stereocenters. The van der Waals surface area contributed by atoms with Crippen molar-refractivity contribution in [2.45, 2.75) is 45.5 Å². The lowest BCUT2D eigenvalue weighted by Gasteiger charge is -2.12. The topological polar surface area (TPSA) is 44.5 Å². The fraction of sp³-hybridized carbons (Fsp3) is 0.333. The first-order chi connectivity index (χ1) is 15.8. The van der Waals surface area contributed by atoms with Gasteiger partial charge in [0.2, 0.25) is 6.54 Å². The van der Waals surface area contributed by atoms with Gasteiger partial charge in [-0.25, -0.2) is 6.57 Å². The van der Waals surface area contributed by atoms with Gasteiger partial charge in [-0.2, -0.15) is 13.2 Å². The molecule has 2 aromatic carbocycles. The maximum absolute atomic E-state index is 13.2. The fourth-order valence-corrected chi connectivity index (χ4v) is 4.16. The number of hydrogen-bond acceptors (Lipinski definition) is 3. The van der Waals surface area contributed by atoms with E-state index in [1.165, 1.54) is 6.07 Å². The quantitative estimate of drug-likeness (QED) is 0.198. The molecule has 4 rings (SSSR count). The lowest BCUT2D eigenvalue weighted by molar-refractivity contribution is -0.141. The van der Waals surface area contributed by atoms with Gasteiger partial charge < -0.3 is 18.7 Å². The van der Waals surface area contributed by atoms with E-state index in [-0.39, 0.29) is 17.5 Å². The molecular weight excluding hydrogens is 455 g/mol. The third-order valence-electron chi connectivity index (χ3n) is 5.46. The highest BCUT2D eigenvalue weighted by Crippen LogP contribution is 2.38. The van der Waals surface area contributed by atoms with E-state index < -0.39 is 11.9 Å². The summed E-state index contributed by atoms with van der Waals surface area (Å²) >= 11 is 6.31. The number of benzene rings is 2. The molecule has 0 radical (unpaired) electrons. The van der Waals surface area contributed by atoms with Crippen LogP contribution in [0, 0.1) is 6.57 Å². The van der Waals surface area contributed by atoms with Gasteiger partial charge in [-0.05, 0) is 43.2 Å². The van der Waals surface area contributed by atoms with Gasteiger partial charge in [0.05, 0.1) is 17.0 Å². The first-order valence-electron chi connectivity index (χ1n) is 10.5. The van der Waals surface area contributed by atoms with Crippen LogP contribution in [-0.4, -0.2) is 16.3 Å². The maximum Gasteiger partial charge on any atom is 0.437 e. The van der Waals surface area contributed by atoms with Gasteiger partial charge in [0.25, 0.3) is 0 Å². The highest BCUT2D eigenvalue weighted by Gasteiger charge is 2.37. The standard InChI is InChI=1S/C24H21ClF3N3O2/c1-3-5-17-21(7-6-18-22(17)33-30-23(18)24(26,27)28)32-11-4-9-31-10-8-15-12-16(14-29-2)19(25)13-20(15)31/h6-8,10,12-13H,3-5,9,11,14H2,1H3. The van der Waals surface area contributed by atoms with Crippen molar-refractivity contribution in [3.8, 4) is 5.75 Å². The zero-order valence-corrected chi connectivity index (χ0v) is 18.6. The second kappa shape index (κ2) is 9.36. The summed E-state index contributed by atoms with van der Waals surface area (Å²) in [7, 11) is 0. The molecule has 172 valence electrons. The number of alkyl halides is 3. The van der Waals surface area contributed by atoms with Gasteiger partial charge in [0, 0.05) is 34.8 Å². The van der Waals surface area contributed by atoms with E-state index in [0.717, 1.165) is 22.9 Å².